The number of nitrogens with zero attached hydrogens (tertiary/aromatic N) is 1. The van der Waals surface area contributed by atoms with E-state index in [1.807, 2.05) is 42.5 Å². The first-order valence-corrected chi connectivity index (χ1v) is 8.68. The van der Waals surface area contributed by atoms with Gasteiger partial charge in [0.1, 0.15) is 5.69 Å². The number of benzene rings is 2. The number of amides is 3. The molecule has 0 aliphatic carbocycles. The maximum Gasteiger partial charge on any atom is 0.274 e. The molecule has 2 heterocycles. The van der Waals surface area contributed by atoms with Gasteiger partial charge in [-0.25, -0.2) is 4.98 Å². The third-order valence-electron chi connectivity index (χ3n) is 4.59. The fourth-order valence-corrected chi connectivity index (χ4v) is 3.17. The minimum absolute atomic E-state index is 0.222. The molecule has 1 unspecified atom stereocenters. The van der Waals surface area contributed by atoms with Crippen molar-refractivity contribution in [3.63, 3.8) is 0 Å². The smallest absolute Gasteiger partial charge is 0.274 e. The Morgan fingerprint density at radius 1 is 1.04 bits per heavy atom. The zero-order valence-corrected chi connectivity index (χ0v) is 14.4. The van der Waals surface area contributed by atoms with E-state index in [1.165, 1.54) is 0 Å². The van der Waals surface area contributed by atoms with Crippen molar-refractivity contribution in [3.8, 4) is 0 Å². The summed E-state index contributed by atoms with van der Waals surface area (Å²) in [7, 11) is 0. The van der Waals surface area contributed by atoms with Crippen molar-refractivity contribution >= 4 is 34.3 Å². The maximum absolute atomic E-state index is 12.4. The topological polar surface area (TPSA) is 88.2 Å². The van der Waals surface area contributed by atoms with E-state index in [0.29, 0.717) is 17.8 Å². The van der Waals surface area contributed by atoms with Gasteiger partial charge in [-0.1, -0.05) is 36.4 Å². The molecule has 1 aromatic heterocycles. The van der Waals surface area contributed by atoms with E-state index in [4.69, 9.17) is 0 Å². The molecule has 0 bridgehead atoms. The lowest BCUT2D eigenvalue weighted by Gasteiger charge is -2.09. The van der Waals surface area contributed by atoms with Gasteiger partial charge in [0.15, 0.2) is 0 Å². The number of hydrogen-bond acceptors (Lipinski definition) is 4. The maximum atomic E-state index is 12.4. The number of aromatic nitrogens is 1. The molecule has 6 heteroatoms. The van der Waals surface area contributed by atoms with Crippen LogP contribution in [0.3, 0.4) is 0 Å². The Kier molecular flexibility index (Phi) is 4.38. The Morgan fingerprint density at radius 3 is 2.56 bits per heavy atom. The number of rotatable bonds is 4. The van der Waals surface area contributed by atoms with E-state index in [0.717, 1.165) is 16.5 Å². The summed E-state index contributed by atoms with van der Waals surface area (Å²) in [5.41, 5.74) is 2.70. The van der Waals surface area contributed by atoms with Crippen LogP contribution < -0.4 is 10.6 Å². The minimum atomic E-state index is -0.320. The normalized spacial score (nSPS) is 16.4. The molecule has 0 saturated carbocycles. The lowest BCUT2D eigenvalue weighted by molar-refractivity contribution is -0.125. The van der Waals surface area contributed by atoms with Crippen molar-refractivity contribution in [3.05, 3.63) is 71.9 Å². The number of carbonyl (C=O) groups is 3. The minimum Gasteiger partial charge on any atom is -0.321 e. The summed E-state index contributed by atoms with van der Waals surface area (Å²) in [5, 5.41) is 6.12. The van der Waals surface area contributed by atoms with Crippen LogP contribution in [-0.2, 0) is 16.0 Å². The quantitative estimate of drug-likeness (QED) is 0.701. The highest BCUT2D eigenvalue weighted by atomic mass is 16.2. The molecular weight excluding hydrogens is 342 g/mol. The third-order valence-corrected chi connectivity index (χ3v) is 4.59. The van der Waals surface area contributed by atoms with Gasteiger partial charge in [-0.3, -0.25) is 19.7 Å². The Balaban J connectivity index is 1.43. The van der Waals surface area contributed by atoms with E-state index in [1.54, 1.807) is 18.2 Å². The van der Waals surface area contributed by atoms with Crippen LogP contribution in [0.2, 0.25) is 0 Å². The van der Waals surface area contributed by atoms with Crippen LogP contribution in [0.5, 0.6) is 0 Å². The number of anilines is 1. The van der Waals surface area contributed by atoms with Gasteiger partial charge in [-0.05, 0) is 36.2 Å². The summed E-state index contributed by atoms with van der Waals surface area (Å²) in [5.74, 6) is -1.05. The summed E-state index contributed by atoms with van der Waals surface area (Å²) < 4.78 is 0. The predicted molar refractivity (Wildman–Crippen MR) is 101 cm³/mol. The van der Waals surface area contributed by atoms with Crippen molar-refractivity contribution < 1.29 is 14.4 Å². The van der Waals surface area contributed by atoms with Crippen LogP contribution in [0.15, 0.2) is 60.7 Å². The van der Waals surface area contributed by atoms with Crippen LogP contribution in [0, 0.1) is 5.92 Å². The van der Waals surface area contributed by atoms with Crippen LogP contribution in [-0.4, -0.2) is 22.7 Å². The number of para-hydroxylation sites is 1. The van der Waals surface area contributed by atoms with Gasteiger partial charge in [0.25, 0.3) is 5.91 Å². The van der Waals surface area contributed by atoms with Gasteiger partial charge in [0.2, 0.25) is 11.8 Å². The highest BCUT2D eigenvalue weighted by Gasteiger charge is 2.30. The molecule has 134 valence electrons. The number of carbonyl (C=O) groups excluding carboxylic acids is 3. The first kappa shape index (κ1) is 16.9. The highest BCUT2D eigenvalue weighted by molar-refractivity contribution is 6.04. The van der Waals surface area contributed by atoms with Crippen molar-refractivity contribution in [1.29, 1.82) is 0 Å². The molecule has 6 nitrogen and oxygen atoms in total. The fraction of sp³-hybridized carbons (Fsp3) is 0.143. The average Bonchev–Trinajstić information content (AvgIpc) is 2.99. The van der Waals surface area contributed by atoms with Crippen molar-refractivity contribution in [1.82, 2.24) is 10.3 Å². The second-order valence-electron chi connectivity index (χ2n) is 6.56. The van der Waals surface area contributed by atoms with Crippen molar-refractivity contribution in [2.45, 2.75) is 12.8 Å². The van der Waals surface area contributed by atoms with E-state index < -0.39 is 0 Å². The molecule has 0 radical (unpaired) electrons. The number of fused-ring (bicyclic) bond motifs is 1. The fourth-order valence-electron chi connectivity index (χ4n) is 3.17. The van der Waals surface area contributed by atoms with Gasteiger partial charge in [0, 0.05) is 17.5 Å². The summed E-state index contributed by atoms with van der Waals surface area (Å²) in [4.78, 5) is 39.7. The van der Waals surface area contributed by atoms with Crippen molar-refractivity contribution in [2.75, 3.05) is 5.32 Å². The van der Waals surface area contributed by atoms with Crippen LogP contribution in [0.1, 0.15) is 22.5 Å². The van der Waals surface area contributed by atoms with Crippen LogP contribution in [0.25, 0.3) is 10.9 Å². The molecule has 3 amide bonds. The average molecular weight is 359 g/mol. The molecule has 1 fully saturated rings. The van der Waals surface area contributed by atoms with Gasteiger partial charge in [-0.2, -0.15) is 0 Å². The largest absolute Gasteiger partial charge is 0.321 e. The standard InChI is InChI=1S/C21H17N3O3/c25-19-12-15(20(26)24-19)11-13-5-8-16(9-6-13)22-21(27)18-10-7-14-3-1-2-4-17(14)23-18/h1-10,15H,11-12H2,(H,22,27)(H,24,25,26). The predicted octanol–water partition coefficient (Wildman–Crippen LogP) is 2.69. The number of nitrogens with one attached hydrogen (secondary N) is 2. The van der Waals surface area contributed by atoms with E-state index in [2.05, 4.69) is 15.6 Å². The lowest BCUT2D eigenvalue weighted by atomic mass is 9.98. The van der Waals surface area contributed by atoms with Gasteiger partial charge >= 0.3 is 0 Å². The Bertz CT molecular complexity index is 1040. The number of imide groups is 1. The monoisotopic (exact) mass is 359 g/mol. The molecule has 1 aliphatic heterocycles. The molecule has 1 saturated heterocycles. The molecule has 1 atom stereocenters. The zero-order chi connectivity index (χ0) is 18.8. The number of hydrogen-bond donors (Lipinski definition) is 2. The Hall–Kier alpha value is -3.54. The summed E-state index contributed by atoms with van der Waals surface area (Å²) in [6, 6.07) is 18.4. The first-order valence-electron chi connectivity index (χ1n) is 8.68. The second kappa shape index (κ2) is 6.99. The summed E-state index contributed by atoms with van der Waals surface area (Å²) in [6.07, 6.45) is 0.725. The van der Waals surface area contributed by atoms with E-state index in [9.17, 15) is 14.4 Å². The van der Waals surface area contributed by atoms with Gasteiger partial charge in [0.05, 0.1) is 11.4 Å². The Morgan fingerprint density at radius 2 is 1.81 bits per heavy atom. The lowest BCUT2D eigenvalue weighted by Crippen LogP contribution is -2.22. The van der Waals surface area contributed by atoms with Crippen LogP contribution >= 0.6 is 0 Å². The molecule has 1 aliphatic rings. The molecule has 3 aromatic rings. The molecular formula is C21H17N3O3. The molecule has 2 N–H and O–H groups in total. The van der Waals surface area contributed by atoms with E-state index in [-0.39, 0.29) is 30.1 Å². The molecule has 27 heavy (non-hydrogen) atoms. The Labute approximate surface area is 155 Å². The summed E-state index contributed by atoms with van der Waals surface area (Å²) >= 11 is 0. The summed E-state index contributed by atoms with van der Waals surface area (Å²) in [6.45, 7) is 0. The zero-order valence-electron chi connectivity index (χ0n) is 14.4. The third kappa shape index (κ3) is 3.69. The second-order valence-corrected chi connectivity index (χ2v) is 6.56. The SMILES string of the molecule is O=C1CC(Cc2ccc(NC(=O)c3ccc4ccccc4n3)cc2)C(=O)N1. The molecule has 0 spiro atoms. The van der Waals surface area contributed by atoms with Crippen molar-refractivity contribution in [2.24, 2.45) is 5.92 Å². The van der Waals surface area contributed by atoms with Gasteiger partial charge in [-0.15, -0.1) is 0 Å². The number of pyridine rings is 1. The molecule has 2 aromatic carbocycles. The van der Waals surface area contributed by atoms with Gasteiger partial charge < -0.3 is 5.32 Å². The van der Waals surface area contributed by atoms with E-state index >= 15 is 0 Å². The first-order chi connectivity index (χ1) is 13.1. The van der Waals surface area contributed by atoms with Crippen LogP contribution in [0.4, 0.5) is 5.69 Å². The highest BCUT2D eigenvalue weighted by Crippen LogP contribution is 2.19. The molecule has 4 rings (SSSR count).